The first-order chi connectivity index (χ1) is 8.63. The maximum absolute atomic E-state index is 13.8. The van der Waals surface area contributed by atoms with Crippen LogP contribution in [0, 0.1) is 12.7 Å². The Labute approximate surface area is 104 Å². The fourth-order valence-corrected chi connectivity index (χ4v) is 1.84. The number of carbonyl (C=O) groups is 1. The van der Waals surface area contributed by atoms with Crippen LogP contribution in [0.25, 0.3) is 11.1 Å². The van der Waals surface area contributed by atoms with E-state index >= 15 is 0 Å². The van der Waals surface area contributed by atoms with E-state index in [4.69, 9.17) is 5.84 Å². The Morgan fingerprint density at radius 1 is 1.17 bits per heavy atom. The van der Waals surface area contributed by atoms with Crippen LogP contribution in [0.1, 0.15) is 15.9 Å². The summed E-state index contributed by atoms with van der Waals surface area (Å²) in [6.07, 6.45) is 0. The molecule has 0 aliphatic rings. The van der Waals surface area contributed by atoms with Crippen molar-refractivity contribution in [1.82, 2.24) is 5.43 Å². The van der Waals surface area contributed by atoms with Crippen LogP contribution in [0.15, 0.2) is 42.5 Å². The molecule has 92 valence electrons. The fraction of sp³-hybridized carbons (Fsp3) is 0.0714. The minimum absolute atomic E-state index is 0.364. The van der Waals surface area contributed by atoms with Gasteiger partial charge in [0.05, 0.1) is 0 Å². The molecule has 0 aliphatic heterocycles. The molecule has 0 aliphatic carbocycles. The second-order valence-electron chi connectivity index (χ2n) is 4.00. The van der Waals surface area contributed by atoms with Crippen molar-refractivity contribution in [3.05, 3.63) is 59.4 Å². The second-order valence-corrected chi connectivity index (χ2v) is 4.00. The predicted octanol–water partition coefficient (Wildman–Crippen LogP) is 2.40. The molecule has 0 radical (unpaired) electrons. The summed E-state index contributed by atoms with van der Waals surface area (Å²) in [5, 5.41) is 0. The highest BCUT2D eigenvalue weighted by molar-refractivity contribution is 6.00. The van der Waals surface area contributed by atoms with Crippen LogP contribution in [-0.4, -0.2) is 5.91 Å². The van der Waals surface area contributed by atoms with Crippen LogP contribution in [0.5, 0.6) is 0 Å². The highest BCUT2D eigenvalue weighted by Crippen LogP contribution is 2.27. The number of nitrogens with two attached hydrogens (primary N) is 1. The molecule has 0 unspecified atom stereocenters. The van der Waals surface area contributed by atoms with Gasteiger partial charge in [-0.05, 0) is 24.6 Å². The number of nitrogen functional groups attached to an aromatic ring is 1. The molecule has 0 bridgehead atoms. The number of rotatable bonds is 2. The van der Waals surface area contributed by atoms with Crippen molar-refractivity contribution >= 4 is 5.91 Å². The summed E-state index contributed by atoms with van der Waals surface area (Å²) in [7, 11) is 0. The number of carbonyl (C=O) groups excluding carboxylic acids is 1. The molecular formula is C14H13FN2O. The van der Waals surface area contributed by atoms with Crippen LogP contribution in [0.3, 0.4) is 0 Å². The molecule has 4 heteroatoms. The number of hydrogen-bond donors (Lipinski definition) is 2. The SMILES string of the molecule is Cc1ccc(-c2ccccc2F)c(C(=O)NN)c1. The summed E-state index contributed by atoms with van der Waals surface area (Å²) in [5.41, 5.74) is 4.27. The summed E-state index contributed by atoms with van der Waals surface area (Å²) in [6, 6.07) is 11.6. The van der Waals surface area contributed by atoms with E-state index in [0.29, 0.717) is 16.7 Å². The van der Waals surface area contributed by atoms with Gasteiger partial charge in [0, 0.05) is 11.1 Å². The number of amides is 1. The van der Waals surface area contributed by atoms with E-state index < -0.39 is 5.91 Å². The third-order valence-corrected chi connectivity index (χ3v) is 2.71. The third kappa shape index (κ3) is 2.24. The predicted molar refractivity (Wildman–Crippen MR) is 68.2 cm³/mol. The fourth-order valence-electron chi connectivity index (χ4n) is 1.84. The Kier molecular flexibility index (Phi) is 3.39. The Morgan fingerprint density at radius 2 is 1.89 bits per heavy atom. The molecule has 3 nitrogen and oxygen atoms in total. The summed E-state index contributed by atoms with van der Waals surface area (Å²) in [6.45, 7) is 1.86. The molecule has 0 aromatic heterocycles. The standard InChI is InChI=1S/C14H13FN2O/c1-9-6-7-10(12(8-9)14(18)17-16)11-4-2-3-5-13(11)15/h2-8H,16H2,1H3,(H,17,18). The van der Waals surface area contributed by atoms with E-state index in [1.54, 1.807) is 30.3 Å². The van der Waals surface area contributed by atoms with E-state index in [-0.39, 0.29) is 5.82 Å². The number of nitrogens with one attached hydrogen (secondary N) is 1. The molecule has 2 aromatic carbocycles. The van der Waals surface area contributed by atoms with Crippen LogP contribution in [-0.2, 0) is 0 Å². The zero-order valence-electron chi connectivity index (χ0n) is 9.91. The monoisotopic (exact) mass is 244 g/mol. The van der Waals surface area contributed by atoms with Crippen LogP contribution >= 0.6 is 0 Å². The number of hydrogen-bond acceptors (Lipinski definition) is 2. The average Bonchev–Trinajstić information content (AvgIpc) is 2.39. The molecule has 2 aromatic rings. The number of aryl methyl sites for hydroxylation is 1. The van der Waals surface area contributed by atoms with Gasteiger partial charge in [0.15, 0.2) is 0 Å². The quantitative estimate of drug-likeness (QED) is 0.484. The molecule has 3 N–H and O–H groups in total. The number of benzene rings is 2. The van der Waals surface area contributed by atoms with Crippen molar-refractivity contribution in [3.8, 4) is 11.1 Å². The van der Waals surface area contributed by atoms with Gasteiger partial charge in [-0.15, -0.1) is 0 Å². The molecule has 0 heterocycles. The number of halogens is 1. The molecule has 0 atom stereocenters. The lowest BCUT2D eigenvalue weighted by molar-refractivity contribution is 0.0954. The molecule has 1 amide bonds. The van der Waals surface area contributed by atoms with E-state index in [1.807, 2.05) is 13.0 Å². The minimum Gasteiger partial charge on any atom is -0.290 e. The first-order valence-electron chi connectivity index (χ1n) is 5.50. The van der Waals surface area contributed by atoms with Gasteiger partial charge in [-0.1, -0.05) is 35.9 Å². The average molecular weight is 244 g/mol. The van der Waals surface area contributed by atoms with Crippen molar-refractivity contribution in [3.63, 3.8) is 0 Å². The van der Waals surface area contributed by atoms with E-state index in [9.17, 15) is 9.18 Å². The van der Waals surface area contributed by atoms with Gasteiger partial charge < -0.3 is 0 Å². The van der Waals surface area contributed by atoms with Gasteiger partial charge in [-0.2, -0.15) is 0 Å². The smallest absolute Gasteiger partial charge is 0.265 e. The van der Waals surface area contributed by atoms with E-state index in [0.717, 1.165) is 5.56 Å². The van der Waals surface area contributed by atoms with Crippen molar-refractivity contribution in [2.45, 2.75) is 6.92 Å². The first kappa shape index (κ1) is 12.3. The summed E-state index contributed by atoms with van der Waals surface area (Å²) < 4.78 is 13.8. The third-order valence-electron chi connectivity index (χ3n) is 2.71. The lowest BCUT2D eigenvalue weighted by Gasteiger charge is -2.10. The van der Waals surface area contributed by atoms with Crippen LogP contribution in [0.4, 0.5) is 4.39 Å². The highest BCUT2D eigenvalue weighted by Gasteiger charge is 2.14. The van der Waals surface area contributed by atoms with E-state index in [1.165, 1.54) is 6.07 Å². The Morgan fingerprint density at radius 3 is 2.56 bits per heavy atom. The topological polar surface area (TPSA) is 55.1 Å². The van der Waals surface area contributed by atoms with Gasteiger partial charge in [0.25, 0.3) is 5.91 Å². The number of hydrazine groups is 1. The van der Waals surface area contributed by atoms with Crippen molar-refractivity contribution < 1.29 is 9.18 Å². The zero-order valence-corrected chi connectivity index (χ0v) is 9.91. The highest BCUT2D eigenvalue weighted by atomic mass is 19.1. The maximum atomic E-state index is 13.8. The van der Waals surface area contributed by atoms with Gasteiger partial charge >= 0.3 is 0 Å². The Hall–Kier alpha value is -2.20. The van der Waals surface area contributed by atoms with Crippen molar-refractivity contribution in [2.24, 2.45) is 5.84 Å². The zero-order chi connectivity index (χ0) is 13.1. The lowest BCUT2D eigenvalue weighted by Crippen LogP contribution is -2.30. The van der Waals surface area contributed by atoms with Crippen molar-refractivity contribution in [1.29, 1.82) is 0 Å². The van der Waals surface area contributed by atoms with Crippen LogP contribution in [0.2, 0.25) is 0 Å². The normalized spacial score (nSPS) is 10.2. The Bertz CT molecular complexity index is 596. The molecule has 0 saturated carbocycles. The van der Waals surface area contributed by atoms with Gasteiger partial charge in [-0.3, -0.25) is 10.2 Å². The van der Waals surface area contributed by atoms with Crippen molar-refractivity contribution in [2.75, 3.05) is 0 Å². The molecule has 0 saturated heterocycles. The van der Waals surface area contributed by atoms with Crippen LogP contribution < -0.4 is 11.3 Å². The van der Waals surface area contributed by atoms with Gasteiger partial charge in [0.1, 0.15) is 5.82 Å². The first-order valence-corrected chi connectivity index (χ1v) is 5.50. The minimum atomic E-state index is -0.433. The second kappa shape index (κ2) is 4.98. The van der Waals surface area contributed by atoms with E-state index in [2.05, 4.69) is 5.43 Å². The lowest BCUT2D eigenvalue weighted by atomic mass is 9.97. The summed E-state index contributed by atoms with van der Waals surface area (Å²) >= 11 is 0. The molecule has 0 fully saturated rings. The largest absolute Gasteiger partial charge is 0.290 e. The maximum Gasteiger partial charge on any atom is 0.265 e. The Balaban J connectivity index is 2.64. The summed E-state index contributed by atoms with van der Waals surface area (Å²) in [4.78, 5) is 11.7. The van der Waals surface area contributed by atoms with Gasteiger partial charge in [-0.25, -0.2) is 10.2 Å². The molecule has 18 heavy (non-hydrogen) atoms. The summed E-state index contributed by atoms with van der Waals surface area (Å²) in [5.74, 6) is 4.34. The molecular weight excluding hydrogens is 231 g/mol. The molecule has 0 spiro atoms. The molecule has 2 rings (SSSR count). The van der Waals surface area contributed by atoms with Gasteiger partial charge in [0.2, 0.25) is 0 Å².